The Bertz CT molecular complexity index is 328. The molecule has 1 unspecified atom stereocenters. The topological polar surface area (TPSA) is 15.3 Å². The number of hydrogen-bond donors (Lipinski definition) is 1. The molecular formula is C14H23ClN2. The zero-order chi connectivity index (χ0) is 12.7. The highest BCUT2D eigenvalue weighted by Crippen LogP contribution is 2.18. The van der Waals surface area contributed by atoms with Crippen LogP contribution in [0.25, 0.3) is 0 Å². The zero-order valence-electron chi connectivity index (χ0n) is 11.0. The lowest BCUT2D eigenvalue weighted by Crippen LogP contribution is -2.29. The van der Waals surface area contributed by atoms with Crippen LogP contribution in [0, 0.1) is 0 Å². The molecule has 0 bridgehead atoms. The maximum atomic E-state index is 6.16. The van der Waals surface area contributed by atoms with Crippen LogP contribution in [-0.2, 0) is 6.54 Å². The molecule has 0 radical (unpaired) electrons. The molecule has 0 spiro atoms. The first-order chi connectivity index (χ1) is 8.15. The van der Waals surface area contributed by atoms with Crippen LogP contribution in [0.1, 0.15) is 25.3 Å². The highest BCUT2D eigenvalue weighted by atomic mass is 35.5. The number of nitrogens with zero attached hydrogens (tertiary/aromatic N) is 1. The fourth-order valence-electron chi connectivity index (χ4n) is 1.85. The molecule has 0 saturated heterocycles. The van der Waals surface area contributed by atoms with E-state index in [9.17, 15) is 0 Å². The first kappa shape index (κ1) is 14.5. The van der Waals surface area contributed by atoms with Crippen molar-refractivity contribution in [2.45, 2.75) is 32.4 Å². The van der Waals surface area contributed by atoms with Crippen molar-refractivity contribution in [3.05, 3.63) is 34.9 Å². The number of hydrogen-bond acceptors (Lipinski definition) is 2. The van der Waals surface area contributed by atoms with Gasteiger partial charge in [0, 0.05) is 17.6 Å². The molecule has 0 aliphatic carbocycles. The third kappa shape index (κ3) is 5.07. The van der Waals surface area contributed by atoms with Crippen molar-refractivity contribution in [2.75, 3.05) is 20.6 Å². The maximum Gasteiger partial charge on any atom is 0.0451 e. The normalized spacial score (nSPS) is 13.0. The van der Waals surface area contributed by atoms with E-state index in [1.165, 1.54) is 18.4 Å². The average Bonchev–Trinajstić information content (AvgIpc) is 2.32. The monoisotopic (exact) mass is 254 g/mol. The van der Waals surface area contributed by atoms with Gasteiger partial charge in [-0.3, -0.25) is 4.90 Å². The minimum Gasteiger partial charge on any atom is -0.320 e. The fourth-order valence-corrected chi connectivity index (χ4v) is 2.04. The molecule has 96 valence electrons. The summed E-state index contributed by atoms with van der Waals surface area (Å²) in [7, 11) is 4.16. The van der Waals surface area contributed by atoms with Crippen molar-refractivity contribution in [1.29, 1.82) is 0 Å². The van der Waals surface area contributed by atoms with E-state index in [2.05, 4.69) is 30.3 Å². The average molecular weight is 255 g/mol. The van der Waals surface area contributed by atoms with Crippen molar-refractivity contribution in [3.8, 4) is 0 Å². The molecule has 3 heteroatoms. The van der Waals surface area contributed by atoms with Crippen molar-refractivity contribution in [2.24, 2.45) is 0 Å². The van der Waals surface area contributed by atoms with Crippen LogP contribution >= 0.6 is 11.6 Å². The van der Waals surface area contributed by atoms with Crippen molar-refractivity contribution in [1.82, 2.24) is 10.2 Å². The van der Waals surface area contributed by atoms with Crippen LogP contribution in [0.2, 0.25) is 5.02 Å². The van der Waals surface area contributed by atoms with Crippen LogP contribution in [0.5, 0.6) is 0 Å². The van der Waals surface area contributed by atoms with Gasteiger partial charge >= 0.3 is 0 Å². The minimum absolute atomic E-state index is 0.583. The van der Waals surface area contributed by atoms with E-state index in [0.29, 0.717) is 6.04 Å². The highest BCUT2D eigenvalue weighted by Gasteiger charge is 2.10. The first-order valence-corrected chi connectivity index (χ1v) is 6.61. The Kier molecular flexibility index (Phi) is 6.56. The molecule has 1 aromatic carbocycles. The molecule has 2 nitrogen and oxygen atoms in total. The van der Waals surface area contributed by atoms with E-state index in [-0.39, 0.29) is 0 Å². The van der Waals surface area contributed by atoms with Gasteiger partial charge in [-0.1, -0.05) is 29.8 Å². The summed E-state index contributed by atoms with van der Waals surface area (Å²) in [6, 6.07) is 8.65. The van der Waals surface area contributed by atoms with Gasteiger partial charge in [-0.25, -0.2) is 0 Å². The first-order valence-electron chi connectivity index (χ1n) is 6.23. The molecular weight excluding hydrogens is 232 g/mol. The molecule has 1 N–H and O–H groups in total. The molecule has 0 saturated carbocycles. The standard InChI is InChI=1S/C14H23ClN2/c1-12(7-6-10-16-2)17(3)11-13-8-4-5-9-14(13)15/h4-5,8-9,12,16H,6-7,10-11H2,1-3H3. The van der Waals surface area contributed by atoms with E-state index in [1.54, 1.807) is 0 Å². The van der Waals surface area contributed by atoms with Gasteiger partial charge in [0.1, 0.15) is 0 Å². The van der Waals surface area contributed by atoms with E-state index in [0.717, 1.165) is 18.1 Å². The predicted molar refractivity (Wildman–Crippen MR) is 75.5 cm³/mol. The van der Waals surface area contributed by atoms with Crippen LogP contribution < -0.4 is 5.32 Å². The molecule has 0 aromatic heterocycles. The van der Waals surface area contributed by atoms with Gasteiger partial charge in [-0.2, -0.15) is 0 Å². The number of benzene rings is 1. The second-order valence-corrected chi connectivity index (χ2v) is 5.01. The molecule has 1 aromatic rings. The van der Waals surface area contributed by atoms with Crippen LogP contribution in [-0.4, -0.2) is 31.6 Å². The quantitative estimate of drug-likeness (QED) is 0.752. The van der Waals surface area contributed by atoms with Gasteiger partial charge in [-0.15, -0.1) is 0 Å². The van der Waals surface area contributed by atoms with Crippen LogP contribution in [0.15, 0.2) is 24.3 Å². The third-order valence-electron chi connectivity index (χ3n) is 3.18. The van der Waals surface area contributed by atoms with Crippen molar-refractivity contribution >= 4 is 11.6 Å². The lowest BCUT2D eigenvalue weighted by molar-refractivity contribution is 0.235. The lowest BCUT2D eigenvalue weighted by atomic mass is 10.1. The van der Waals surface area contributed by atoms with Gasteiger partial charge < -0.3 is 5.32 Å². The Morgan fingerprint density at radius 3 is 2.71 bits per heavy atom. The van der Waals surface area contributed by atoms with Gasteiger partial charge in [0.25, 0.3) is 0 Å². The summed E-state index contributed by atoms with van der Waals surface area (Å²) in [6.07, 6.45) is 2.42. The molecule has 0 fully saturated rings. The van der Waals surface area contributed by atoms with Crippen LogP contribution in [0.3, 0.4) is 0 Å². The Balaban J connectivity index is 2.43. The highest BCUT2D eigenvalue weighted by molar-refractivity contribution is 6.31. The molecule has 0 aliphatic heterocycles. The number of nitrogens with one attached hydrogen (secondary N) is 1. The molecule has 0 heterocycles. The summed E-state index contributed by atoms with van der Waals surface area (Å²) < 4.78 is 0. The number of halogens is 1. The predicted octanol–water partition coefficient (Wildman–Crippen LogP) is 3.16. The van der Waals surface area contributed by atoms with Crippen LogP contribution in [0.4, 0.5) is 0 Å². The van der Waals surface area contributed by atoms with E-state index in [1.807, 2.05) is 25.2 Å². The Labute approximate surface area is 110 Å². The Hall–Kier alpha value is -0.570. The van der Waals surface area contributed by atoms with Gasteiger partial charge in [0.2, 0.25) is 0 Å². The lowest BCUT2D eigenvalue weighted by Gasteiger charge is -2.25. The molecule has 0 amide bonds. The summed E-state index contributed by atoms with van der Waals surface area (Å²) in [5.74, 6) is 0. The van der Waals surface area contributed by atoms with E-state index in [4.69, 9.17) is 11.6 Å². The molecule has 1 rings (SSSR count). The number of rotatable bonds is 7. The van der Waals surface area contributed by atoms with E-state index < -0.39 is 0 Å². The summed E-state index contributed by atoms with van der Waals surface area (Å²) in [5, 5.41) is 4.04. The summed E-state index contributed by atoms with van der Waals surface area (Å²) >= 11 is 6.16. The summed E-state index contributed by atoms with van der Waals surface area (Å²) in [4.78, 5) is 2.36. The minimum atomic E-state index is 0.583. The fraction of sp³-hybridized carbons (Fsp3) is 0.571. The second-order valence-electron chi connectivity index (χ2n) is 4.60. The largest absolute Gasteiger partial charge is 0.320 e. The molecule has 1 atom stereocenters. The Morgan fingerprint density at radius 1 is 1.35 bits per heavy atom. The van der Waals surface area contributed by atoms with Crippen molar-refractivity contribution < 1.29 is 0 Å². The zero-order valence-corrected chi connectivity index (χ0v) is 11.8. The third-order valence-corrected chi connectivity index (χ3v) is 3.55. The summed E-state index contributed by atoms with van der Waals surface area (Å²) in [5.41, 5.74) is 1.21. The molecule has 17 heavy (non-hydrogen) atoms. The smallest absolute Gasteiger partial charge is 0.0451 e. The van der Waals surface area contributed by atoms with Gasteiger partial charge in [-0.05, 0) is 52.0 Å². The molecule has 0 aliphatic rings. The summed E-state index contributed by atoms with van der Waals surface area (Å²) in [6.45, 7) is 4.27. The van der Waals surface area contributed by atoms with Crippen molar-refractivity contribution in [3.63, 3.8) is 0 Å². The SMILES string of the molecule is CNCCCC(C)N(C)Cc1ccccc1Cl. The van der Waals surface area contributed by atoms with Gasteiger partial charge in [0.05, 0.1) is 0 Å². The Morgan fingerprint density at radius 2 is 2.06 bits per heavy atom. The second kappa shape index (κ2) is 7.70. The van der Waals surface area contributed by atoms with E-state index >= 15 is 0 Å². The van der Waals surface area contributed by atoms with Gasteiger partial charge in [0.15, 0.2) is 0 Å². The maximum absolute atomic E-state index is 6.16.